The summed E-state index contributed by atoms with van der Waals surface area (Å²) < 4.78 is 37.4. The fourth-order valence-corrected chi connectivity index (χ4v) is 2.45. The highest BCUT2D eigenvalue weighted by Gasteiger charge is 2.29. The molecule has 100 valence electrons. The zero-order valence-electron chi connectivity index (χ0n) is 10.7. The van der Waals surface area contributed by atoms with Crippen molar-refractivity contribution in [2.75, 3.05) is 12.5 Å². The van der Waals surface area contributed by atoms with Gasteiger partial charge in [-0.15, -0.1) is 0 Å². The maximum atomic E-state index is 12.5. The summed E-state index contributed by atoms with van der Waals surface area (Å²) in [6, 6.07) is 13.2. The molecule has 0 saturated heterocycles. The monoisotopic (exact) mass is 283 g/mol. The van der Waals surface area contributed by atoms with Crippen molar-refractivity contribution >= 4 is 10.9 Å². The van der Waals surface area contributed by atoms with Gasteiger partial charge in [-0.2, -0.15) is 13.2 Å². The Bertz CT molecular complexity index is 539. The SMILES string of the molecule is C[S+](C)c1ccc(-c2ccc(C(F)(F)F)cc2)cc1. The lowest BCUT2D eigenvalue weighted by molar-refractivity contribution is -0.137. The van der Waals surface area contributed by atoms with E-state index in [0.29, 0.717) is 0 Å². The molecule has 4 heteroatoms. The summed E-state index contributed by atoms with van der Waals surface area (Å²) >= 11 is 0. The van der Waals surface area contributed by atoms with Crippen molar-refractivity contribution in [1.29, 1.82) is 0 Å². The summed E-state index contributed by atoms with van der Waals surface area (Å²) in [7, 11) is 0.192. The third-order valence-corrected chi connectivity index (χ3v) is 4.09. The van der Waals surface area contributed by atoms with Crippen LogP contribution < -0.4 is 0 Å². The molecule has 0 spiro atoms. The first-order valence-corrected chi connectivity index (χ1v) is 7.77. The second-order valence-corrected chi connectivity index (χ2v) is 6.52. The van der Waals surface area contributed by atoms with E-state index in [2.05, 4.69) is 12.5 Å². The summed E-state index contributed by atoms with van der Waals surface area (Å²) in [6.45, 7) is 0. The third-order valence-electron chi connectivity index (χ3n) is 2.87. The summed E-state index contributed by atoms with van der Waals surface area (Å²) in [4.78, 5) is 1.25. The second-order valence-electron chi connectivity index (χ2n) is 4.42. The number of hydrogen-bond donors (Lipinski definition) is 0. The third kappa shape index (κ3) is 3.32. The molecule has 0 saturated carbocycles. The highest BCUT2D eigenvalue weighted by Crippen LogP contribution is 2.31. The van der Waals surface area contributed by atoms with Crippen LogP contribution >= 0.6 is 0 Å². The van der Waals surface area contributed by atoms with Crippen LogP contribution in [-0.2, 0) is 17.1 Å². The van der Waals surface area contributed by atoms with Gasteiger partial charge in [-0.3, -0.25) is 0 Å². The fourth-order valence-electron chi connectivity index (χ4n) is 1.77. The molecule has 0 nitrogen and oxygen atoms in total. The van der Waals surface area contributed by atoms with E-state index in [4.69, 9.17) is 0 Å². The minimum atomic E-state index is -4.28. The lowest BCUT2D eigenvalue weighted by Crippen LogP contribution is -2.04. The molecule has 2 rings (SSSR count). The van der Waals surface area contributed by atoms with Gasteiger partial charge in [0.1, 0.15) is 12.5 Å². The molecule has 19 heavy (non-hydrogen) atoms. The predicted octanol–water partition coefficient (Wildman–Crippen LogP) is 4.61. The maximum absolute atomic E-state index is 12.5. The smallest absolute Gasteiger partial charge is 0.166 e. The molecule has 0 heterocycles. The molecular formula is C15H14F3S+. The summed E-state index contributed by atoms with van der Waals surface area (Å²) in [6.07, 6.45) is -0.0125. The molecule has 0 N–H and O–H groups in total. The Morgan fingerprint density at radius 1 is 0.737 bits per heavy atom. The molecule has 0 bridgehead atoms. The van der Waals surface area contributed by atoms with E-state index in [-0.39, 0.29) is 10.9 Å². The largest absolute Gasteiger partial charge is 0.416 e. The van der Waals surface area contributed by atoms with Gasteiger partial charge in [-0.05, 0) is 47.5 Å². The summed E-state index contributed by atoms with van der Waals surface area (Å²) in [5, 5.41) is 0. The van der Waals surface area contributed by atoms with E-state index in [1.54, 1.807) is 0 Å². The van der Waals surface area contributed by atoms with E-state index in [9.17, 15) is 13.2 Å². The van der Waals surface area contributed by atoms with Gasteiger partial charge in [0.15, 0.2) is 4.90 Å². The molecule has 0 aromatic heterocycles. The van der Waals surface area contributed by atoms with Gasteiger partial charge in [0.2, 0.25) is 0 Å². The van der Waals surface area contributed by atoms with E-state index >= 15 is 0 Å². The van der Waals surface area contributed by atoms with E-state index in [0.717, 1.165) is 23.3 Å². The molecule has 0 aliphatic heterocycles. The number of benzene rings is 2. The van der Waals surface area contributed by atoms with Crippen molar-refractivity contribution in [1.82, 2.24) is 0 Å². The van der Waals surface area contributed by atoms with Gasteiger partial charge in [-0.1, -0.05) is 12.1 Å². The minimum absolute atomic E-state index is 0.192. The first-order valence-electron chi connectivity index (χ1n) is 5.73. The summed E-state index contributed by atoms with van der Waals surface area (Å²) in [5.41, 5.74) is 1.12. The highest BCUT2D eigenvalue weighted by atomic mass is 32.2. The van der Waals surface area contributed by atoms with Crippen molar-refractivity contribution in [2.24, 2.45) is 0 Å². The molecule has 0 radical (unpaired) electrons. The Kier molecular flexibility index (Phi) is 3.90. The highest BCUT2D eigenvalue weighted by molar-refractivity contribution is 7.95. The van der Waals surface area contributed by atoms with Crippen LogP contribution in [0, 0.1) is 0 Å². The maximum Gasteiger partial charge on any atom is 0.416 e. The van der Waals surface area contributed by atoms with Gasteiger partial charge in [0.25, 0.3) is 0 Å². The van der Waals surface area contributed by atoms with E-state index in [1.165, 1.54) is 17.0 Å². The molecule has 0 aliphatic rings. The van der Waals surface area contributed by atoms with Crippen molar-refractivity contribution in [3.8, 4) is 11.1 Å². The standard InChI is InChI=1S/C15H14F3S/c1-19(2)14-9-5-12(6-10-14)11-3-7-13(8-4-11)15(16,17)18/h3-10H,1-2H3/q+1. The van der Waals surface area contributed by atoms with Gasteiger partial charge in [0.05, 0.1) is 5.56 Å². The Morgan fingerprint density at radius 2 is 1.16 bits per heavy atom. The number of halogens is 3. The Morgan fingerprint density at radius 3 is 1.53 bits per heavy atom. The quantitative estimate of drug-likeness (QED) is 0.706. The van der Waals surface area contributed by atoms with Crippen LogP contribution in [0.5, 0.6) is 0 Å². The lowest BCUT2D eigenvalue weighted by atomic mass is 10.0. The van der Waals surface area contributed by atoms with E-state index < -0.39 is 11.7 Å². The van der Waals surface area contributed by atoms with Gasteiger partial charge in [0, 0.05) is 10.9 Å². The fraction of sp³-hybridized carbons (Fsp3) is 0.200. The molecular weight excluding hydrogens is 269 g/mol. The zero-order valence-corrected chi connectivity index (χ0v) is 11.5. The number of alkyl halides is 3. The molecule has 0 fully saturated rings. The van der Waals surface area contributed by atoms with E-state index in [1.807, 2.05) is 24.3 Å². The second kappa shape index (κ2) is 5.29. The minimum Gasteiger partial charge on any atom is -0.166 e. The molecule has 0 amide bonds. The van der Waals surface area contributed by atoms with Crippen LogP contribution in [0.4, 0.5) is 13.2 Å². The van der Waals surface area contributed by atoms with Gasteiger partial charge < -0.3 is 0 Å². The average Bonchev–Trinajstić information content (AvgIpc) is 2.38. The number of hydrogen-bond acceptors (Lipinski definition) is 0. The predicted molar refractivity (Wildman–Crippen MR) is 74.4 cm³/mol. The van der Waals surface area contributed by atoms with Crippen molar-refractivity contribution in [2.45, 2.75) is 11.1 Å². The van der Waals surface area contributed by atoms with Crippen molar-refractivity contribution in [3.05, 3.63) is 54.1 Å². The Hall–Kier alpha value is -1.42. The Labute approximate surface area is 113 Å². The summed E-state index contributed by atoms with van der Waals surface area (Å²) in [5.74, 6) is 0. The molecule has 0 unspecified atom stereocenters. The topological polar surface area (TPSA) is 0 Å². The first kappa shape index (κ1) is 14.0. The normalized spacial score (nSPS) is 11.9. The molecule has 0 atom stereocenters. The average molecular weight is 283 g/mol. The molecule has 2 aromatic rings. The van der Waals surface area contributed by atoms with Gasteiger partial charge >= 0.3 is 6.18 Å². The van der Waals surface area contributed by atoms with Crippen molar-refractivity contribution < 1.29 is 13.2 Å². The molecule has 2 aromatic carbocycles. The van der Waals surface area contributed by atoms with Crippen LogP contribution in [0.25, 0.3) is 11.1 Å². The van der Waals surface area contributed by atoms with Crippen LogP contribution in [0.1, 0.15) is 5.56 Å². The number of rotatable bonds is 2. The van der Waals surface area contributed by atoms with Gasteiger partial charge in [-0.25, -0.2) is 0 Å². The Balaban J connectivity index is 2.27. The zero-order chi connectivity index (χ0) is 14.0. The van der Waals surface area contributed by atoms with Crippen LogP contribution in [0.15, 0.2) is 53.4 Å². The van der Waals surface area contributed by atoms with Crippen LogP contribution in [0.2, 0.25) is 0 Å². The molecule has 0 aliphatic carbocycles. The van der Waals surface area contributed by atoms with Crippen molar-refractivity contribution in [3.63, 3.8) is 0 Å². The van der Waals surface area contributed by atoms with Crippen LogP contribution in [-0.4, -0.2) is 12.5 Å². The lowest BCUT2D eigenvalue weighted by Gasteiger charge is -2.08. The van der Waals surface area contributed by atoms with Crippen LogP contribution in [0.3, 0.4) is 0 Å². The first-order chi connectivity index (χ1) is 8.88.